The van der Waals surface area contributed by atoms with Crippen molar-refractivity contribution in [1.82, 2.24) is 0 Å². The topological polar surface area (TPSA) is 78.9 Å². The minimum atomic E-state index is -0.812. The third-order valence-electron chi connectivity index (χ3n) is 13.8. The Bertz CT molecular complexity index is 1760. The Balaban J connectivity index is 4.25. The summed E-state index contributed by atoms with van der Waals surface area (Å²) in [6.07, 6.45) is 97.4. The molecule has 0 aliphatic carbocycles. The average Bonchev–Trinajstić information content (AvgIpc) is 3.47. The van der Waals surface area contributed by atoms with E-state index in [0.717, 1.165) is 122 Å². The molecule has 0 aliphatic rings. The molecule has 0 amide bonds. The Kier molecular flexibility index (Phi) is 63.9. The van der Waals surface area contributed by atoms with Gasteiger partial charge in [-0.3, -0.25) is 14.4 Å². The van der Waals surface area contributed by atoms with Crippen LogP contribution >= 0.6 is 0 Å². The molecule has 0 heterocycles. The molecule has 0 saturated heterocycles. The van der Waals surface area contributed by atoms with Crippen molar-refractivity contribution in [2.75, 3.05) is 13.2 Å². The van der Waals surface area contributed by atoms with Gasteiger partial charge in [-0.15, -0.1) is 0 Å². The zero-order valence-electron chi connectivity index (χ0n) is 52.5. The van der Waals surface area contributed by atoms with Gasteiger partial charge in [-0.25, -0.2) is 0 Å². The van der Waals surface area contributed by atoms with E-state index in [2.05, 4.69) is 167 Å². The first-order valence-corrected chi connectivity index (χ1v) is 33.3. The second kappa shape index (κ2) is 67.8. The van der Waals surface area contributed by atoms with E-state index in [1.54, 1.807) is 0 Å². The molecule has 0 fully saturated rings. The summed E-state index contributed by atoms with van der Waals surface area (Å²) < 4.78 is 16.8. The Labute approximate surface area is 499 Å². The molecule has 0 radical (unpaired) electrons. The predicted octanol–water partition coefficient (Wildman–Crippen LogP) is 23.1. The molecule has 0 spiro atoms. The van der Waals surface area contributed by atoms with Crippen molar-refractivity contribution in [3.05, 3.63) is 146 Å². The minimum Gasteiger partial charge on any atom is -0.462 e. The average molecular weight is 1120 g/mol. The second-order valence-electron chi connectivity index (χ2n) is 21.6. The van der Waals surface area contributed by atoms with E-state index >= 15 is 0 Å². The maximum atomic E-state index is 12.9. The van der Waals surface area contributed by atoms with E-state index in [1.807, 2.05) is 0 Å². The van der Waals surface area contributed by atoms with Gasteiger partial charge in [0.15, 0.2) is 6.10 Å². The van der Waals surface area contributed by atoms with Crippen molar-refractivity contribution >= 4 is 17.9 Å². The van der Waals surface area contributed by atoms with Crippen LogP contribution in [0.3, 0.4) is 0 Å². The number of ether oxygens (including phenoxy) is 3. The maximum absolute atomic E-state index is 12.9. The van der Waals surface area contributed by atoms with Gasteiger partial charge in [0.05, 0.1) is 0 Å². The van der Waals surface area contributed by atoms with Crippen molar-refractivity contribution in [2.45, 2.75) is 297 Å². The Morgan fingerprint density at radius 3 is 0.790 bits per heavy atom. The zero-order valence-corrected chi connectivity index (χ0v) is 52.5. The third kappa shape index (κ3) is 66.0. The van der Waals surface area contributed by atoms with E-state index in [-0.39, 0.29) is 37.5 Å². The summed E-state index contributed by atoms with van der Waals surface area (Å²) >= 11 is 0. The van der Waals surface area contributed by atoms with Crippen LogP contribution < -0.4 is 0 Å². The number of rotatable bonds is 59. The molecular formula is C75H122O6. The summed E-state index contributed by atoms with van der Waals surface area (Å²) in [5.74, 6) is -0.963. The lowest BCUT2D eigenvalue weighted by Crippen LogP contribution is -2.30. The fraction of sp³-hybridized carbons (Fsp3) is 0.640. The summed E-state index contributed by atoms with van der Waals surface area (Å²) in [6, 6.07) is 0. The standard InChI is InChI=1S/C75H122O6/c1-4-7-10-13-16-19-21-23-25-27-29-31-33-34-35-36-37-38-39-40-42-43-45-47-49-51-53-56-59-62-65-68-74(77)80-71-72(70-79-73(76)67-64-61-58-55-18-15-12-9-6-3)81-75(78)69-66-63-60-57-54-52-50-48-46-44-41-32-30-28-26-24-22-20-17-14-11-8-5-2/h7-8,10-11,16-17,19-20,23-26,29-32,34-35,44,46,50,52,57,60,72H,4-6,9,12-15,18,21-22,27-28,33,36-43,45,47-49,51,53-56,58-59,61-71H2,1-3H3/b10-7-,11-8-,19-16-,20-17-,25-23-,26-24-,31-29-,32-30-,35-34-,46-44-,52-50-,60-57-. The molecule has 0 aromatic heterocycles. The molecule has 81 heavy (non-hydrogen) atoms. The molecule has 6 heteroatoms. The van der Waals surface area contributed by atoms with Crippen LogP contribution in [-0.4, -0.2) is 37.2 Å². The summed E-state index contributed by atoms with van der Waals surface area (Å²) in [5.41, 5.74) is 0. The van der Waals surface area contributed by atoms with E-state index in [1.165, 1.54) is 122 Å². The van der Waals surface area contributed by atoms with Crippen molar-refractivity contribution in [3.8, 4) is 0 Å². The van der Waals surface area contributed by atoms with Gasteiger partial charge in [-0.2, -0.15) is 0 Å². The number of unbranched alkanes of at least 4 members (excludes halogenated alkanes) is 24. The zero-order chi connectivity index (χ0) is 58.5. The van der Waals surface area contributed by atoms with Gasteiger partial charge >= 0.3 is 17.9 Å². The van der Waals surface area contributed by atoms with Crippen LogP contribution in [0.15, 0.2) is 146 Å². The van der Waals surface area contributed by atoms with Crippen molar-refractivity contribution in [1.29, 1.82) is 0 Å². The number of esters is 3. The van der Waals surface area contributed by atoms with Crippen LogP contribution in [0.5, 0.6) is 0 Å². The lowest BCUT2D eigenvalue weighted by Gasteiger charge is -2.18. The molecule has 0 N–H and O–H groups in total. The number of carbonyl (C=O) groups excluding carboxylic acids is 3. The normalized spacial score (nSPS) is 13.1. The molecule has 458 valence electrons. The van der Waals surface area contributed by atoms with E-state index in [4.69, 9.17) is 14.2 Å². The molecule has 0 bridgehead atoms. The lowest BCUT2D eigenvalue weighted by molar-refractivity contribution is -0.167. The van der Waals surface area contributed by atoms with Crippen LogP contribution in [0, 0.1) is 0 Å². The van der Waals surface area contributed by atoms with E-state index < -0.39 is 6.10 Å². The lowest BCUT2D eigenvalue weighted by atomic mass is 10.0. The largest absolute Gasteiger partial charge is 0.462 e. The fourth-order valence-corrected chi connectivity index (χ4v) is 8.93. The summed E-state index contributed by atoms with van der Waals surface area (Å²) in [7, 11) is 0. The summed E-state index contributed by atoms with van der Waals surface area (Å²) in [4.78, 5) is 38.2. The minimum absolute atomic E-state index is 0.103. The smallest absolute Gasteiger partial charge is 0.306 e. The molecule has 1 unspecified atom stereocenters. The van der Waals surface area contributed by atoms with Crippen molar-refractivity contribution in [2.24, 2.45) is 0 Å². The number of carbonyl (C=O) groups is 3. The maximum Gasteiger partial charge on any atom is 0.306 e. The van der Waals surface area contributed by atoms with Gasteiger partial charge in [0.2, 0.25) is 0 Å². The van der Waals surface area contributed by atoms with Crippen molar-refractivity contribution in [3.63, 3.8) is 0 Å². The van der Waals surface area contributed by atoms with Gasteiger partial charge in [0.25, 0.3) is 0 Å². The van der Waals surface area contributed by atoms with Crippen LogP contribution in [0.4, 0.5) is 0 Å². The molecule has 0 aliphatic heterocycles. The number of hydrogen-bond acceptors (Lipinski definition) is 6. The highest BCUT2D eigenvalue weighted by Gasteiger charge is 2.19. The summed E-state index contributed by atoms with van der Waals surface area (Å²) in [6.45, 7) is 6.35. The highest BCUT2D eigenvalue weighted by molar-refractivity contribution is 5.71. The van der Waals surface area contributed by atoms with Crippen LogP contribution in [0.1, 0.15) is 290 Å². The Morgan fingerprint density at radius 2 is 0.494 bits per heavy atom. The number of allylic oxidation sites excluding steroid dienone is 24. The van der Waals surface area contributed by atoms with Gasteiger partial charge in [-0.05, 0) is 116 Å². The SMILES string of the molecule is CC/C=C\C/C=C\C/C=C\C/C=C\C/C=C\C/C=C\C/C=C\CCCC(=O)OC(COC(=O)CCCCCCCCCCC)COC(=O)CCCCCCCCCCCCCCCCC/C=C\C/C=C\C/C=C\C/C=C\C/C=C\CC. The second-order valence-corrected chi connectivity index (χ2v) is 21.6. The predicted molar refractivity (Wildman–Crippen MR) is 352 cm³/mol. The molecular weight excluding hydrogens is 997 g/mol. The van der Waals surface area contributed by atoms with Gasteiger partial charge in [0.1, 0.15) is 13.2 Å². The first kappa shape index (κ1) is 76.3. The van der Waals surface area contributed by atoms with Crippen molar-refractivity contribution < 1.29 is 28.6 Å². The van der Waals surface area contributed by atoms with Gasteiger partial charge in [0, 0.05) is 19.3 Å². The first-order valence-electron chi connectivity index (χ1n) is 33.3. The molecule has 0 saturated carbocycles. The van der Waals surface area contributed by atoms with Crippen LogP contribution in [0.25, 0.3) is 0 Å². The molecule has 0 aromatic carbocycles. The van der Waals surface area contributed by atoms with E-state index in [0.29, 0.717) is 19.3 Å². The van der Waals surface area contributed by atoms with Crippen LogP contribution in [-0.2, 0) is 28.6 Å². The molecule has 1 atom stereocenters. The first-order chi connectivity index (χ1) is 40.0. The fourth-order valence-electron chi connectivity index (χ4n) is 8.93. The third-order valence-corrected chi connectivity index (χ3v) is 13.8. The van der Waals surface area contributed by atoms with E-state index in [9.17, 15) is 14.4 Å². The quantitative estimate of drug-likeness (QED) is 0.0261. The highest BCUT2D eigenvalue weighted by atomic mass is 16.6. The summed E-state index contributed by atoms with van der Waals surface area (Å²) in [5, 5.41) is 0. The molecule has 0 aromatic rings. The Morgan fingerprint density at radius 1 is 0.259 bits per heavy atom. The molecule has 6 nitrogen and oxygen atoms in total. The van der Waals surface area contributed by atoms with Gasteiger partial charge in [-0.1, -0.05) is 301 Å². The van der Waals surface area contributed by atoms with Crippen LogP contribution in [0.2, 0.25) is 0 Å². The molecule has 0 rings (SSSR count). The monoisotopic (exact) mass is 1120 g/mol. The highest BCUT2D eigenvalue weighted by Crippen LogP contribution is 2.16. The Hall–Kier alpha value is -4.71. The number of hydrogen-bond donors (Lipinski definition) is 0. The van der Waals surface area contributed by atoms with Gasteiger partial charge < -0.3 is 14.2 Å².